The van der Waals surface area contributed by atoms with Gasteiger partial charge in [-0.3, -0.25) is 14.4 Å². The van der Waals surface area contributed by atoms with E-state index in [1.54, 1.807) is 0 Å². The van der Waals surface area contributed by atoms with E-state index < -0.39 is 6.10 Å². The van der Waals surface area contributed by atoms with Gasteiger partial charge in [-0.1, -0.05) is 192 Å². The zero-order valence-corrected chi connectivity index (χ0v) is 37.4. The van der Waals surface area contributed by atoms with Gasteiger partial charge in [0.2, 0.25) is 0 Å². The van der Waals surface area contributed by atoms with E-state index in [4.69, 9.17) is 14.2 Å². The van der Waals surface area contributed by atoms with E-state index in [9.17, 15) is 14.4 Å². The number of unbranched alkanes of at least 4 members (excludes halogenated alkanes) is 6. The molecule has 1 atom stereocenters. The molecule has 1 unspecified atom stereocenters. The van der Waals surface area contributed by atoms with Crippen LogP contribution < -0.4 is 0 Å². The van der Waals surface area contributed by atoms with Crippen molar-refractivity contribution in [3.8, 4) is 0 Å². The van der Waals surface area contributed by atoms with E-state index in [0.29, 0.717) is 19.3 Å². The molecular weight excluding hydrogens is 745 g/mol. The van der Waals surface area contributed by atoms with Gasteiger partial charge in [0.15, 0.2) is 6.10 Å². The summed E-state index contributed by atoms with van der Waals surface area (Å²) in [6.07, 6.45) is 68.1. The molecule has 0 aromatic heterocycles. The molecule has 330 valence electrons. The van der Waals surface area contributed by atoms with E-state index in [1.807, 2.05) is 85.1 Å². The number of carbonyl (C=O) groups is 3. The summed E-state index contributed by atoms with van der Waals surface area (Å²) in [6.45, 7) is 6.05. The molecule has 0 N–H and O–H groups in total. The van der Waals surface area contributed by atoms with Crippen molar-refractivity contribution in [1.29, 1.82) is 0 Å². The summed E-state index contributed by atoms with van der Waals surface area (Å²) in [5, 5.41) is 0. The van der Waals surface area contributed by atoms with Gasteiger partial charge in [0.05, 0.1) is 0 Å². The van der Waals surface area contributed by atoms with Crippen molar-refractivity contribution in [2.24, 2.45) is 0 Å². The van der Waals surface area contributed by atoms with Crippen molar-refractivity contribution < 1.29 is 28.6 Å². The number of rotatable bonds is 37. The van der Waals surface area contributed by atoms with Gasteiger partial charge in [0.25, 0.3) is 0 Å². The maximum absolute atomic E-state index is 12.7. The Kier molecular flexibility index (Phi) is 42.8. The molecule has 0 fully saturated rings. The fraction of sp³-hybridized carbons (Fsp3) is 0.463. The Hall–Kier alpha value is -4.97. The van der Waals surface area contributed by atoms with Gasteiger partial charge in [0.1, 0.15) is 13.2 Å². The van der Waals surface area contributed by atoms with Crippen LogP contribution in [0.15, 0.2) is 158 Å². The monoisotopic (exact) mass is 823 g/mol. The van der Waals surface area contributed by atoms with Crippen LogP contribution in [0.25, 0.3) is 0 Å². The highest BCUT2D eigenvalue weighted by atomic mass is 16.6. The zero-order valence-electron chi connectivity index (χ0n) is 37.4. The van der Waals surface area contributed by atoms with Gasteiger partial charge >= 0.3 is 17.9 Å². The minimum Gasteiger partial charge on any atom is -0.462 e. The Morgan fingerprint density at radius 1 is 0.350 bits per heavy atom. The molecule has 0 heterocycles. The van der Waals surface area contributed by atoms with Crippen molar-refractivity contribution >= 4 is 17.9 Å². The molecule has 0 bridgehead atoms. The van der Waals surface area contributed by atoms with Crippen LogP contribution in [-0.4, -0.2) is 37.2 Å². The summed E-state index contributed by atoms with van der Waals surface area (Å²) >= 11 is 0. The lowest BCUT2D eigenvalue weighted by molar-refractivity contribution is -0.166. The maximum Gasteiger partial charge on any atom is 0.306 e. The predicted molar refractivity (Wildman–Crippen MR) is 255 cm³/mol. The highest BCUT2D eigenvalue weighted by molar-refractivity contribution is 5.71. The SMILES string of the molecule is CC/C=C/C=C/C=C/C=C/CCCCCC(=O)OCC(COC(=O)CC/C=C/C/C=C/C/C=C/C/C=C/C/C=C/CC)OC(=O)CCCCC/C=C/C=C/C=C/C=C/CC. The second-order valence-corrected chi connectivity index (χ2v) is 14.0. The Morgan fingerprint density at radius 2 is 0.717 bits per heavy atom. The first-order valence-corrected chi connectivity index (χ1v) is 22.6. The van der Waals surface area contributed by atoms with Crippen molar-refractivity contribution in [3.05, 3.63) is 158 Å². The van der Waals surface area contributed by atoms with Crippen LogP contribution in [0.3, 0.4) is 0 Å². The van der Waals surface area contributed by atoms with Gasteiger partial charge in [-0.2, -0.15) is 0 Å². The standard InChI is InChI=1S/C54H78O6/c1-4-7-10-13-16-19-22-25-26-27-30-32-35-38-41-44-47-53(56)59-50-51(60-54(57)48-45-42-39-36-33-29-24-21-18-15-12-9-6-3)49-58-52(55)46-43-40-37-34-31-28-23-20-17-14-11-8-5-2/h7-12,14-21,23-26,28-33,38,41,51H,4-6,13,22,27,34-37,39-40,42-50H2,1-3H3/b10-7+,11-8+,12-9+,17-14+,18-15+,19-16+,23-20+,24-21+,26-25+,31-28+,32-30+,33-29+,41-38+. The van der Waals surface area contributed by atoms with Gasteiger partial charge in [0, 0.05) is 19.3 Å². The van der Waals surface area contributed by atoms with Crippen LogP contribution in [0.5, 0.6) is 0 Å². The molecule has 0 rings (SSSR count). The number of hydrogen-bond acceptors (Lipinski definition) is 6. The average molecular weight is 823 g/mol. The minimum absolute atomic E-state index is 0.146. The summed E-state index contributed by atoms with van der Waals surface area (Å²) < 4.78 is 16.6. The average Bonchev–Trinajstić information content (AvgIpc) is 3.24. The molecule has 0 aliphatic rings. The lowest BCUT2D eigenvalue weighted by Crippen LogP contribution is -2.30. The zero-order chi connectivity index (χ0) is 43.7. The van der Waals surface area contributed by atoms with E-state index in [0.717, 1.165) is 83.5 Å². The van der Waals surface area contributed by atoms with Crippen LogP contribution >= 0.6 is 0 Å². The third kappa shape index (κ3) is 44.1. The van der Waals surface area contributed by atoms with Crippen LogP contribution in [0.4, 0.5) is 0 Å². The molecule has 0 radical (unpaired) electrons. The van der Waals surface area contributed by atoms with Crippen LogP contribution in [-0.2, 0) is 28.6 Å². The smallest absolute Gasteiger partial charge is 0.306 e. The molecule has 60 heavy (non-hydrogen) atoms. The molecule has 0 saturated carbocycles. The molecule has 0 saturated heterocycles. The summed E-state index contributed by atoms with van der Waals surface area (Å²) in [7, 11) is 0. The third-order valence-corrected chi connectivity index (χ3v) is 8.46. The van der Waals surface area contributed by atoms with E-state index in [1.165, 1.54) is 0 Å². The van der Waals surface area contributed by atoms with E-state index in [-0.39, 0.29) is 50.4 Å². The highest BCUT2D eigenvalue weighted by Gasteiger charge is 2.19. The second-order valence-electron chi connectivity index (χ2n) is 14.0. The van der Waals surface area contributed by atoms with Crippen molar-refractivity contribution in [2.45, 2.75) is 149 Å². The Balaban J connectivity index is 4.67. The number of hydrogen-bond donors (Lipinski definition) is 0. The van der Waals surface area contributed by atoms with Gasteiger partial charge in [-0.25, -0.2) is 0 Å². The number of ether oxygens (including phenoxy) is 3. The molecule has 6 nitrogen and oxygen atoms in total. The number of carbonyl (C=O) groups excluding carboxylic acids is 3. The first kappa shape index (κ1) is 55.0. The summed E-state index contributed by atoms with van der Waals surface area (Å²) in [4.78, 5) is 37.7. The predicted octanol–water partition coefficient (Wildman–Crippen LogP) is 14.7. The quantitative estimate of drug-likeness (QED) is 0.0204. The molecule has 0 amide bonds. The normalized spacial score (nSPS) is 13.6. The third-order valence-electron chi connectivity index (χ3n) is 8.46. The van der Waals surface area contributed by atoms with Crippen molar-refractivity contribution in [1.82, 2.24) is 0 Å². The van der Waals surface area contributed by atoms with Crippen molar-refractivity contribution in [2.75, 3.05) is 13.2 Å². The molecular formula is C54H78O6. The van der Waals surface area contributed by atoms with Gasteiger partial charge in [-0.15, -0.1) is 0 Å². The van der Waals surface area contributed by atoms with E-state index >= 15 is 0 Å². The largest absolute Gasteiger partial charge is 0.462 e. The molecule has 0 aromatic rings. The first-order chi connectivity index (χ1) is 29.5. The lowest BCUT2D eigenvalue weighted by Gasteiger charge is -2.18. The van der Waals surface area contributed by atoms with Gasteiger partial charge in [-0.05, 0) is 89.9 Å². The van der Waals surface area contributed by atoms with Crippen LogP contribution in [0.2, 0.25) is 0 Å². The maximum atomic E-state index is 12.7. The second kappa shape index (κ2) is 46.7. The highest BCUT2D eigenvalue weighted by Crippen LogP contribution is 2.10. The molecule has 0 aliphatic carbocycles. The minimum atomic E-state index is -0.851. The topological polar surface area (TPSA) is 78.9 Å². The van der Waals surface area contributed by atoms with Crippen LogP contribution in [0.1, 0.15) is 143 Å². The lowest BCUT2D eigenvalue weighted by atomic mass is 10.1. The Bertz CT molecular complexity index is 1460. The Labute approximate surface area is 365 Å². The fourth-order valence-electron chi connectivity index (χ4n) is 5.16. The summed E-state index contributed by atoms with van der Waals surface area (Å²) in [6, 6.07) is 0. The summed E-state index contributed by atoms with van der Waals surface area (Å²) in [5.41, 5.74) is 0. The van der Waals surface area contributed by atoms with Crippen molar-refractivity contribution in [3.63, 3.8) is 0 Å². The number of esters is 3. The van der Waals surface area contributed by atoms with Gasteiger partial charge < -0.3 is 14.2 Å². The molecule has 0 aliphatic heterocycles. The molecule has 0 spiro atoms. The molecule has 0 aromatic carbocycles. The summed E-state index contributed by atoms with van der Waals surface area (Å²) in [5.74, 6) is -1.13. The fourth-order valence-corrected chi connectivity index (χ4v) is 5.16. The van der Waals surface area contributed by atoms with E-state index in [2.05, 4.69) is 93.7 Å². The first-order valence-electron chi connectivity index (χ1n) is 22.6. The number of allylic oxidation sites excluding steroid dienone is 26. The Morgan fingerprint density at radius 3 is 1.17 bits per heavy atom. The molecule has 6 heteroatoms. The van der Waals surface area contributed by atoms with Crippen LogP contribution in [0, 0.1) is 0 Å².